The van der Waals surface area contributed by atoms with Crippen LogP contribution in [0.1, 0.15) is 0 Å². The van der Waals surface area contributed by atoms with Crippen LogP contribution in [0.25, 0.3) is 11.1 Å². The highest BCUT2D eigenvalue weighted by Crippen LogP contribution is 2.39. The van der Waals surface area contributed by atoms with Gasteiger partial charge < -0.3 is 0 Å². The highest BCUT2D eigenvalue weighted by atomic mass is 35.5. The Morgan fingerprint density at radius 2 is 1.19 bits per heavy atom. The van der Waals surface area contributed by atoms with Crippen LogP contribution in [0.2, 0.25) is 20.1 Å². The SMILES string of the molecule is Clc1ccc(-c2c(Cl)ccc(Cl)c2Cl)cc1. The molecule has 0 atom stereocenters. The van der Waals surface area contributed by atoms with Crippen LogP contribution in [0.5, 0.6) is 0 Å². The molecule has 82 valence electrons. The normalized spacial score (nSPS) is 10.5. The van der Waals surface area contributed by atoms with Crippen molar-refractivity contribution < 1.29 is 0 Å². The Morgan fingerprint density at radius 3 is 1.81 bits per heavy atom. The molecule has 2 aromatic rings. The Balaban J connectivity index is 2.63. The lowest BCUT2D eigenvalue weighted by Gasteiger charge is -2.08. The van der Waals surface area contributed by atoms with E-state index in [0.717, 1.165) is 11.1 Å². The first-order chi connectivity index (χ1) is 7.59. The molecule has 0 saturated heterocycles. The van der Waals surface area contributed by atoms with Crippen LogP contribution in [0, 0.1) is 0 Å². The van der Waals surface area contributed by atoms with Crippen molar-refractivity contribution in [2.75, 3.05) is 0 Å². The second kappa shape index (κ2) is 4.85. The maximum Gasteiger partial charge on any atom is 0.0685 e. The average Bonchev–Trinajstić information content (AvgIpc) is 2.27. The molecule has 0 aliphatic carbocycles. The molecule has 2 rings (SSSR count). The van der Waals surface area contributed by atoms with E-state index in [1.54, 1.807) is 24.3 Å². The van der Waals surface area contributed by atoms with E-state index in [9.17, 15) is 0 Å². The summed E-state index contributed by atoms with van der Waals surface area (Å²) in [6.07, 6.45) is 0. The smallest absolute Gasteiger partial charge is 0.0685 e. The molecule has 0 fully saturated rings. The van der Waals surface area contributed by atoms with Gasteiger partial charge in [0.2, 0.25) is 0 Å². The van der Waals surface area contributed by atoms with E-state index in [0.29, 0.717) is 20.1 Å². The summed E-state index contributed by atoms with van der Waals surface area (Å²) in [5.41, 5.74) is 1.62. The van der Waals surface area contributed by atoms with Gasteiger partial charge in [0.15, 0.2) is 0 Å². The molecule has 16 heavy (non-hydrogen) atoms. The van der Waals surface area contributed by atoms with Crippen molar-refractivity contribution in [1.82, 2.24) is 0 Å². The zero-order chi connectivity index (χ0) is 11.7. The molecule has 2 aromatic carbocycles. The van der Waals surface area contributed by atoms with Crippen LogP contribution in [-0.2, 0) is 0 Å². The topological polar surface area (TPSA) is 0 Å². The van der Waals surface area contributed by atoms with Crippen LogP contribution in [0.4, 0.5) is 0 Å². The molecule has 0 amide bonds. The fraction of sp³-hybridized carbons (Fsp3) is 0. The third-order valence-electron chi connectivity index (χ3n) is 2.18. The molecule has 0 nitrogen and oxygen atoms in total. The average molecular weight is 292 g/mol. The standard InChI is InChI=1S/C12H6Cl4/c13-8-3-1-7(2-4-8)11-9(14)5-6-10(15)12(11)16/h1-6H. The predicted octanol–water partition coefficient (Wildman–Crippen LogP) is 5.97. The summed E-state index contributed by atoms with van der Waals surface area (Å²) < 4.78 is 0. The number of rotatable bonds is 1. The summed E-state index contributed by atoms with van der Waals surface area (Å²) in [6, 6.07) is 10.7. The van der Waals surface area contributed by atoms with Crippen LogP contribution < -0.4 is 0 Å². The highest BCUT2D eigenvalue weighted by molar-refractivity contribution is 6.46. The van der Waals surface area contributed by atoms with Gasteiger partial charge in [0.25, 0.3) is 0 Å². The van der Waals surface area contributed by atoms with Crippen molar-refractivity contribution in [3.05, 3.63) is 56.5 Å². The van der Waals surface area contributed by atoms with Crippen LogP contribution >= 0.6 is 46.4 Å². The zero-order valence-corrected chi connectivity index (χ0v) is 11.0. The first-order valence-corrected chi connectivity index (χ1v) is 6.00. The molecular weight excluding hydrogens is 286 g/mol. The Kier molecular flexibility index (Phi) is 3.66. The number of hydrogen-bond donors (Lipinski definition) is 0. The lowest BCUT2D eigenvalue weighted by atomic mass is 10.1. The van der Waals surface area contributed by atoms with E-state index in [1.165, 1.54) is 0 Å². The Bertz CT molecular complexity index is 517. The van der Waals surface area contributed by atoms with Crippen molar-refractivity contribution in [2.45, 2.75) is 0 Å². The van der Waals surface area contributed by atoms with E-state index in [2.05, 4.69) is 0 Å². The first-order valence-electron chi connectivity index (χ1n) is 4.49. The number of halogens is 4. The molecule has 0 aliphatic heterocycles. The zero-order valence-electron chi connectivity index (χ0n) is 7.98. The van der Waals surface area contributed by atoms with Gasteiger partial charge in [0.1, 0.15) is 0 Å². The van der Waals surface area contributed by atoms with Crippen molar-refractivity contribution in [2.24, 2.45) is 0 Å². The minimum atomic E-state index is 0.455. The minimum absolute atomic E-state index is 0.455. The van der Waals surface area contributed by atoms with Crippen molar-refractivity contribution in [3.8, 4) is 11.1 Å². The summed E-state index contributed by atoms with van der Waals surface area (Å²) in [4.78, 5) is 0. The second-order valence-electron chi connectivity index (χ2n) is 3.23. The number of hydrogen-bond acceptors (Lipinski definition) is 0. The molecule has 4 heteroatoms. The summed E-state index contributed by atoms with van der Waals surface area (Å²) in [5.74, 6) is 0. The molecule has 0 N–H and O–H groups in total. The molecule has 0 radical (unpaired) electrons. The third kappa shape index (κ3) is 2.31. The maximum atomic E-state index is 6.12. The van der Waals surface area contributed by atoms with Gasteiger partial charge in [0, 0.05) is 15.6 Å². The number of benzene rings is 2. The summed E-state index contributed by atoms with van der Waals surface area (Å²) in [6.45, 7) is 0. The Labute approximate surface area is 114 Å². The monoisotopic (exact) mass is 290 g/mol. The Morgan fingerprint density at radius 1 is 0.625 bits per heavy atom. The van der Waals surface area contributed by atoms with Crippen molar-refractivity contribution in [3.63, 3.8) is 0 Å². The fourth-order valence-electron chi connectivity index (χ4n) is 1.41. The van der Waals surface area contributed by atoms with Gasteiger partial charge in [-0.2, -0.15) is 0 Å². The third-order valence-corrected chi connectivity index (χ3v) is 3.55. The van der Waals surface area contributed by atoms with Crippen LogP contribution in [0.15, 0.2) is 36.4 Å². The van der Waals surface area contributed by atoms with Crippen LogP contribution in [0.3, 0.4) is 0 Å². The Hall–Kier alpha value is -0.400. The fourth-order valence-corrected chi connectivity index (χ4v) is 2.28. The van der Waals surface area contributed by atoms with Crippen molar-refractivity contribution >= 4 is 46.4 Å². The van der Waals surface area contributed by atoms with E-state index >= 15 is 0 Å². The summed E-state index contributed by atoms with van der Waals surface area (Å²) >= 11 is 24.0. The molecule has 0 unspecified atom stereocenters. The van der Waals surface area contributed by atoms with Gasteiger partial charge in [-0.15, -0.1) is 0 Å². The molecular formula is C12H6Cl4. The molecule has 0 aliphatic rings. The van der Waals surface area contributed by atoms with Gasteiger partial charge in [-0.1, -0.05) is 58.5 Å². The van der Waals surface area contributed by atoms with E-state index in [-0.39, 0.29) is 0 Å². The van der Waals surface area contributed by atoms with Gasteiger partial charge in [0.05, 0.1) is 10.0 Å². The molecule has 0 saturated carbocycles. The van der Waals surface area contributed by atoms with Crippen molar-refractivity contribution in [1.29, 1.82) is 0 Å². The predicted molar refractivity (Wildman–Crippen MR) is 71.9 cm³/mol. The van der Waals surface area contributed by atoms with Gasteiger partial charge in [-0.25, -0.2) is 0 Å². The molecule has 0 heterocycles. The van der Waals surface area contributed by atoms with Gasteiger partial charge in [-0.3, -0.25) is 0 Å². The van der Waals surface area contributed by atoms with Gasteiger partial charge >= 0.3 is 0 Å². The van der Waals surface area contributed by atoms with E-state index < -0.39 is 0 Å². The van der Waals surface area contributed by atoms with Gasteiger partial charge in [-0.05, 0) is 29.8 Å². The summed E-state index contributed by atoms with van der Waals surface area (Å²) in [7, 11) is 0. The largest absolute Gasteiger partial charge is 0.0843 e. The molecule has 0 spiro atoms. The minimum Gasteiger partial charge on any atom is -0.0843 e. The quantitative estimate of drug-likeness (QED) is 0.568. The van der Waals surface area contributed by atoms with E-state index in [4.69, 9.17) is 46.4 Å². The lowest BCUT2D eigenvalue weighted by molar-refractivity contribution is 1.61. The second-order valence-corrected chi connectivity index (χ2v) is 4.85. The van der Waals surface area contributed by atoms with Crippen LogP contribution in [-0.4, -0.2) is 0 Å². The first kappa shape index (κ1) is 12.1. The summed E-state index contributed by atoms with van der Waals surface area (Å²) in [5, 5.41) is 2.17. The maximum absolute atomic E-state index is 6.12. The molecule has 0 aromatic heterocycles. The molecule has 0 bridgehead atoms. The highest BCUT2D eigenvalue weighted by Gasteiger charge is 2.11. The lowest BCUT2D eigenvalue weighted by Crippen LogP contribution is -1.82. The van der Waals surface area contributed by atoms with E-state index in [1.807, 2.05) is 12.1 Å².